The molecule has 5 rings (SSSR count). The van der Waals surface area contributed by atoms with Gasteiger partial charge in [0, 0.05) is 5.56 Å². The van der Waals surface area contributed by atoms with E-state index in [1.165, 1.54) is 5.56 Å². The second kappa shape index (κ2) is 16.2. The van der Waals surface area contributed by atoms with Crippen molar-refractivity contribution in [3.05, 3.63) is 136 Å². The molecule has 0 unspecified atom stereocenters. The third kappa shape index (κ3) is 9.65. The minimum absolute atomic E-state index is 0.0311. The Morgan fingerprint density at radius 2 is 1.54 bits per heavy atom. The van der Waals surface area contributed by atoms with Crippen LogP contribution in [-0.4, -0.2) is 37.7 Å². The topological polar surface area (TPSA) is 115 Å². The molecular weight excluding hydrogens is 606 g/mol. The Kier molecular flexibility index (Phi) is 11.4. The standard InChI is InChI=1S/C39H39N3O6/c1-26(2)24-48-39(45)31-14-18-34(19-15-31)47-25-32-21-28(11-20-35(32)29-12-13-29)23-40-42-38(44)36(22-27-9-16-33(46-3)17-10-27)41-37(43)30-7-5-4-6-8-30/h4-11,14-23,26,29H,12-13,24-25H2,1-3H3,(H,41,43)(H,42,44)/b36-22-,40-23+. The quantitative estimate of drug-likeness (QED) is 0.0668. The molecule has 0 aliphatic heterocycles. The zero-order chi connectivity index (χ0) is 33.9. The molecule has 246 valence electrons. The number of hydrazone groups is 1. The average molecular weight is 646 g/mol. The van der Waals surface area contributed by atoms with Gasteiger partial charge >= 0.3 is 5.97 Å². The zero-order valence-corrected chi connectivity index (χ0v) is 27.3. The Bertz CT molecular complexity index is 1780. The van der Waals surface area contributed by atoms with Crippen LogP contribution < -0.4 is 20.2 Å². The lowest BCUT2D eigenvalue weighted by atomic mass is 10.0. The predicted octanol–water partition coefficient (Wildman–Crippen LogP) is 6.89. The Balaban J connectivity index is 1.26. The molecule has 0 heterocycles. The summed E-state index contributed by atoms with van der Waals surface area (Å²) in [4.78, 5) is 38.4. The van der Waals surface area contributed by atoms with Crippen LogP contribution in [0, 0.1) is 5.92 Å². The second-order valence-electron chi connectivity index (χ2n) is 11.9. The Morgan fingerprint density at radius 3 is 2.21 bits per heavy atom. The fourth-order valence-corrected chi connectivity index (χ4v) is 4.83. The zero-order valence-electron chi connectivity index (χ0n) is 27.3. The first-order valence-electron chi connectivity index (χ1n) is 15.9. The minimum Gasteiger partial charge on any atom is -0.497 e. The van der Waals surface area contributed by atoms with E-state index in [-0.39, 0.29) is 17.6 Å². The van der Waals surface area contributed by atoms with Crippen molar-refractivity contribution in [2.45, 2.75) is 39.2 Å². The molecule has 9 heteroatoms. The number of carbonyl (C=O) groups excluding carboxylic acids is 3. The van der Waals surface area contributed by atoms with Crippen LogP contribution in [0.2, 0.25) is 0 Å². The van der Waals surface area contributed by atoms with E-state index in [1.807, 2.05) is 32.0 Å². The second-order valence-corrected chi connectivity index (χ2v) is 11.9. The maximum atomic E-state index is 13.3. The number of esters is 1. The molecule has 2 N–H and O–H groups in total. The van der Waals surface area contributed by atoms with Gasteiger partial charge in [-0.3, -0.25) is 9.59 Å². The number of hydrogen-bond acceptors (Lipinski definition) is 7. The highest BCUT2D eigenvalue weighted by molar-refractivity contribution is 6.05. The predicted molar refractivity (Wildman–Crippen MR) is 185 cm³/mol. The third-order valence-electron chi connectivity index (χ3n) is 7.55. The van der Waals surface area contributed by atoms with Crippen LogP contribution in [-0.2, 0) is 16.1 Å². The van der Waals surface area contributed by atoms with Crippen LogP contribution in [0.4, 0.5) is 0 Å². The lowest BCUT2D eigenvalue weighted by Gasteiger charge is -2.12. The summed E-state index contributed by atoms with van der Waals surface area (Å²) < 4.78 is 16.6. The lowest BCUT2D eigenvalue weighted by Crippen LogP contribution is -2.32. The largest absolute Gasteiger partial charge is 0.497 e. The van der Waals surface area contributed by atoms with Crippen molar-refractivity contribution in [2.75, 3.05) is 13.7 Å². The number of carbonyl (C=O) groups is 3. The number of rotatable bonds is 14. The fraction of sp³-hybridized carbons (Fsp3) is 0.231. The van der Waals surface area contributed by atoms with Gasteiger partial charge in [-0.25, -0.2) is 10.2 Å². The van der Waals surface area contributed by atoms with Crippen LogP contribution in [0.25, 0.3) is 6.08 Å². The number of nitrogens with zero attached hydrogens (tertiary/aromatic N) is 1. The molecular formula is C39H39N3O6. The highest BCUT2D eigenvalue weighted by atomic mass is 16.5. The Morgan fingerprint density at radius 1 is 0.854 bits per heavy atom. The molecule has 4 aromatic carbocycles. The van der Waals surface area contributed by atoms with Gasteiger partial charge in [0.25, 0.3) is 11.8 Å². The summed E-state index contributed by atoms with van der Waals surface area (Å²) in [5.41, 5.74) is 7.17. The molecule has 4 aromatic rings. The van der Waals surface area contributed by atoms with Crippen molar-refractivity contribution < 1.29 is 28.6 Å². The molecule has 0 bridgehead atoms. The number of amides is 2. The van der Waals surface area contributed by atoms with E-state index in [1.54, 1.807) is 92.2 Å². The SMILES string of the molecule is COc1ccc(/C=C(\NC(=O)c2ccccc2)C(=O)N/N=C/c2ccc(C3CC3)c(COc3ccc(C(=O)OCC(C)C)cc3)c2)cc1. The summed E-state index contributed by atoms with van der Waals surface area (Å²) in [7, 11) is 1.57. The summed E-state index contributed by atoms with van der Waals surface area (Å²) in [6.45, 7) is 4.68. The first-order valence-corrected chi connectivity index (χ1v) is 15.9. The van der Waals surface area contributed by atoms with Crippen molar-refractivity contribution in [3.8, 4) is 11.5 Å². The number of nitrogens with one attached hydrogen (secondary N) is 2. The van der Waals surface area contributed by atoms with Gasteiger partial charge in [-0.2, -0.15) is 5.10 Å². The van der Waals surface area contributed by atoms with Crippen LogP contribution in [0.3, 0.4) is 0 Å². The van der Waals surface area contributed by atoms with Gasteiger partial charge in [-0.15, -0.1) is 0 Å². The number of ether oxygens (including phenoxy) is 3. The molecule has 2 amide bonds. The maximum absolute atomic E-state index is 13.3. The summed E-state index contributed by atoms with van der Waals surface area (Å²) in [5.74, 6) is 0.708. The Hall–Kier alpha value is -5.70. The first-order chi connectivity index (χ1) is 23.3. The minimum atomic E-state index is -0.582. The summed E-state index contributed by atoms with van der Waals surface area (Å²) in [5, 5.41) is 6.90. The van der Waals surface area contributed by atoms with Gasteiger partial charge in [-0.1, -0.05) is 56.3 Å². The Labute approximate surface area is 280 Å². The van der Waals surface area contributed by atoms with Gasteiger partial charge < -0.3 is 19.5 Å². The van der Waals surface area contributed by atoms with E-state index < -0.39 is 11.8 Å². The van der Waals surface area contributed by atoms with E-state index in [0.717, 1.165) is 24.0 Å². The first kappa shape index (κ1) is 33.7. The molecule has 0 saturated heterocycles. The molecule has 0 radical (unpaired) electrons. The number of hydrogen-bond donors (Lipinski definition) is 2. The number of benzene rings is 4. The molecule has 0 aromatic heterocycles. The maximum Gasteiger partial charge on any atom is 0.338 e. The molecule has 1 saturated carbocycles. The smallest absolute Gasteiger partial charge is 0.338 e. The van der Waals surface area contributed by atoms with E-state index in [2.05, 4.69) is 21.9 Å². The van der Waals surface area contributed by atoms with Gasteiger partial charge in [0.15, 0.2) is 0 Å². The van der Waals surface area contributed by atoms with E-state index in [0.29, 0.717) is 47.3 Å². The highest BCUT2D eigenvalue weighted by Gasteiger charge is 2.26. The van der Waals surface area contributed by atoms with Crippen LogP contribution in [0.1, 0.15) is 75.6 Å². The van der Waals surface area contributed by atoms with Crippen LogP contribution in [0.15, 0.2) is 108 Å². The molecule has 1 aliphatic rings. The molecule has 0 spiro atoms. The highest BCUT2D eigenvalue weighted by Crippen LogP contribution is 2.42. The average Bonchev–Trinajstić information content (AvgIpc) is 3.96. The summed E-state index contributed by atoms with van der Waals surface area (Å²) in [6.07, 6.45) is 5.38. The van der Waals surface area contributed by atoms with Gasteiger partial charge in [0.1, 0.15) is 23.8 Å². The van der Waals surface area contributed by atoms with E-state index in [9.17, 15) is 14.4 Å². The lowest BCUT2D eigenvalue weighted by molar-refractivity contribution is -0.117. The van der Waals surface area contributed by atoms with Crippen molar-refractivity contribution in [2.24, 2.45) is 11.0 Å². The van der Waals surface area contributed by atoms with Crippen molar-refractivity contribution in [3.63, 3.8) is 0 Å². The van der Waals surface area contributed by atoms with E-state index in [4.69, 9.17) is 14.2 Å². The third-order valence-corrected chi connectivity index (χ3v) is 7.55. The number of methoxy groups -OCH3 is 1. The normalized spacial score (nSPS) is 12.9. The van der Waals surface area contributed by atoms with Gasteiger partial charge in [0.05, 0.1) is 25.5 Å². The van der Waals surface area contributed by atoms with Crippen LogP contribution >= 0.6 is 0 Å². The molecule has 1 aliphatic carbocycles. The summed E-state index contributed by atoms with van der Waals surface area (Å²) in [6, 6.07) is 28.7. The summed E-state index contributed by atoms with van der Waals surface area (Å²) >= 11 is 0. The molecule has 9 nitrogen and oxygen atoms in total. The van der Waals surface area contributed by atoms with Crippen molar-refractivity contribution in [1.82, 2.24) is 10.7 Å². The fourth-order valence-electron chi connectivity index (χ4n) is 4.83. The molecule has 0 atom stereocenters. The van der Waals surface area contributed by atoms with Gasteiger partial charge in [-0.05, 0) is 108 Å². The molecule has 48 heavy (non-hydrogen) atoms. The molecule has 1 fully saturated rings. The van der Waals surface area contributed by atoms with Crippen molar-refractivity contribution >= 4 is 30.1 Å². The van der Waals surface area contributed by atoms with Crippen molar-refractivity contribution in [1.29, 1.82) is 0 Å². The van der Waals surface area contributed by atoms with Crippen LogP contribution in [0.5, 0.6) is 11.5 Å². The van der Waals surface area contributed by atoms with E-state index >= 15 is 0 Å². The monoisotopic (exact) mass is 645 g/mol. The van der Waals surface area contributed by atoms with Gasteiger partial charge in [0.2, 0.25) is 0 Å².